The Labute approximate surface area is 177 Å². The number of carbonyl (C=O) groups excluding carboxylic acids is 1. The maximum atomic E-state index is 14.3. The van der Waals surface area contributed by atoms with Gasteiger partial charge in [0.15, 0.2) is 5.78 Å². The lowest BCUT2D eigenvalue weighted by atomic mass is 10.0. The van der Waals surface area contributed by atoms with Gasteiger partial charge >= 0.3 is 0 Å². The Bertz CT molecular complexity index is 1330. The quantitative estimate of drug-likeness (QED) is 0.415. The number of pyridine rings is 1. The van der Waals surface area contributed by atoms with Gasteiger partial charge in [0.1, 0.15) is 17.4 Å². The molecule has 0 radical (unpaired) electrons. The van der Waals surface area contributed by atoms with E-state index in [9.17, 15) is 18.4 Å². The van der Waals surface area contributed by atoms with E-state index in [1.54, 1.807) is 41.0 Å². The molecule has 0 N–H and O–H groups in total. The van der Waals surface area contributed by atoms with Crippen molar-refractivity contribution in [1.82, 2.24) is 4.57 Å². The molecule has 4 rings (SSSR count). The van der Waals surface area contributed by atoms with Crippen molar-refractivity contribution in [2.24, 2.45) is 0 Å². The summed E-state index contributed by atoms with van der Waals surface area (Å²) in [6.45, 7) is 2.37. The summed E-state index contributed by atoms with van der Waals surface area (Å²) < 4.78 is 34.7. The molecule has 0 unspecified atom stereocenters. The third-order valence-electron chi connectivity index (χ3n) is 5.01. The lowest BCUT2D eigenvalue weighted by Gasteiger charge is -2.15. The summed E-state index contributed by atoms with van der Waals surface area (Å²) in [6, 6.07) is 16.4. The van der Waals surface area contributed by atoms with E-state index in [-0.39, 0.29) is 28.9 Å². The van der Waals surface area contributed by atoms with E-state index in [1.807, 2.05) is 6.92 Å². The first-order chi connectivity index (χ1) is 15.0. The normalized spacial score (nSPS) is 10.9. The second-order valence-corrected chi connectivity index (χ2v) is 7.04. The SMILES string of the molecule is CCOc1ccc2c(c1)c(=O)c(C(=O)c1ccc(F)cc1)cn2Cc1ccccc1F. The van der Waals surface area contributed by atoms with Crippen LogP contribution in [0, 0.1) is 11.6 Å². The zero-order valence-electron chi connectivity index (χ0n) is 16.8. The summed E-state index contributed by atoms with van der Waals surface area (Å²) in [6.07, 6.45) is 1.43. The molecule has 0 spiro atoms. The molecule has 1 aromatic heterocycles. The lowest BCUT2D eigenvalue weighted by Crippen LogP contribution is -2.20. The number of benzene rings is 3. The highest BCUT2D eigenvalue weighted by Gasteiger charge is 2.18. The number of fused-ring (bicyclic) bond motifs is 1. The van der Waals surface area contributed by atoms with Crippen molar-refractivity contribution < 1.29 is 18.3 Å². The van der Waals surface area contributed by atoms with Gasteiger partial charge in [-0.15, -0.1) is 0 Å². The van der Waals surface area contributed by atoms with Gasteiger partial charge in [-0.1, -0.05) is 18.2 Å². The molecule has 0 saturated heterocycles. The predicted molar refractivity (Wildman–Crippen MR) is 115 cm³/mol. The van der Waals surface area contributed by atoms with Gasteiger partial charge in [-0.3, -0.25) is 9.59 Å². The molecule has 0 aliphatic carbocycles. The predicted octanol–water partition coefficient (Wildman–Crippen LogP) is 4.96. The smallest absolute Gasteiger partial charge is 0.200 e. The number of nitrogens with zero attached hydrogens (tertiary/aromatic N) is 1. The van der Waals surface area contributed by atoms with Crippen molar-refractivity contribution in [3.05, 3.63) is 111 Å². The second-order valence-electron chi connectivity index (χ2n) is 7.04. The molecular weight excluding hydrogens is 400 g/mol. The average molecular weight is 419 g/mol. The molecular formula is C25H19F2NO3. The summed E-state index contributed by atoms with van der Waals surface area (Å²) >= 11 is 0. The van der Waals surface area contributed by atoms with Crippen LogP contribution in [0.25, 0.3) is 10.9 Å². The van der Waals surface area contributed by atoms with Crippen LogP contribution in [-0.2, 0) is 6.54 Å². The van der Waals surface area contributed by atoms with Gasteiger partial charge in [0.05, 0.1) is 29.6 Å². The van der Waals surface area contributed by atoms with Crippen LogP contribution in [0.2, 0.25) is 0 Å². The summed E-state index contributed by atoms with van der Waals surface area (Å²) in [5.74, 6) is -0.896. The fraction of sp³-hybridized carbons (Fsp3) is 0.120. The number of halogens is 2. The highest BCUT2D eigenvalue weighted by atomic mass is 19.1. The maximum absolute atomic E-state index is 14.3. The Morgan fingerprint density at radius 1 is 1.00 bits per heavy atom. The number of ether oxygens (including phenoxy) is 1. The van der Waals surface area contributed by atoms with Crippen molar-refractivity contribution in [2.45, 2.75) is 13.5 Å². The molecule has 31 heavy (non-hydrogen) atoms. The molecule has 0 atom stereocenters. The van der Waals surface area contributed by atoms with Gasteiger partial charge in [-0.25, -0.2) is 8.78 Å². The third kappa shape index (κ3) is 4.10. The molecule has 0 aliphatic rings. The van der Waals surface area contributed by atoms with E-state index in [4.69, 9.17) is 4.74 Å². The van der Waals surface area contributed by atoms with Crippen LogP contribution < -0.4 is 10.2 Å². The Morgan fingerprint density at radius 3 is 2.45 bits per heavy atom. The van der Waals surface area contributed by atoms with E-state index in [0.29, 0.717) is 23.4 Å². The molecule has 4 nitrogen and oxygen atoms in total. The van der Waals surface area contributed by atoms with Crippen LogP contribution in [-0.4, -0.2) is 17.0 Å². The number of hydrogen-bond donors (Lipinski definition) is 0. The zero-order valence-corrected chi connectivity index (χ0v) is 16.8. The number of rotatable bonds is 6. The van der Waals surface area contributed by atoms with Crippen LogP contribution in [0.4, 0.5) is 8.78 Å². The van der Waals surface area contributed by atoms with Crippen LogP contribution in [0.15, 0.2) is 77.7 Å². The topological polar surface area (TPSA) is 48.3 Å². The first-order valence-corrected chi connectivity index (χ1v) is 9.81. The van der Waals surface area contributed by atoms with Crippen molar-refractivity contribution in [3.8, 4) is 5.75 Å². The summed E-state index contributed by atoms with van der Waals surface area (Å²) in [5, 5.41) is 0.287. The van der Waals surface area contributed by atoms with Gasteiger partial charge in [0, 0.05) is 17.3 Å². The largest absolute Gasteiger partial charge is 0.494 e. The highest BCUT2D eigenvalue weighted by Crippen LogP contribution is 2.22. The molecule has 3 aromatic carbocycles. The first-order valence-electron chi connectivity index (χ1n) is 9.81. The van der Waals surface area contributed by atoms with Crippen molar-refractivity contribution in [1.29, 1.82) is 0 Å². The van der Waals surface area contributed by atoms with Crippen LogP contribution in [0.5, 0.6) is 5.75 Å². The average Bonchev–Trinajstić information content (AvgIpc) is 2.77. The minimum absolute atomic E-state index is 0.0795. The van der Waals surface area contributed by atoms with Crippen LogP contribution in [0.3, 0.4) is 0 Å². The number of carbonyl (C=O) groups is 1. The van der Waals surface area contributed by atoms with Crippen molar-refractivity contribution in [3.63, 3.8) is 0 Å². The molecule has 0 amide bonds. The van der Waals surface area contributed by atoms with Gasteiger partial charge in [-0.05, 0) is 55.5 Å². The van der Waals surface area contributed by atoms with Crippen LogP contribution in [0.1, 0.15) is 28.4 Å². The molecule has 4 aromatic rings. The Balaban J connectivity index is 1.92. The Hall–Kier alpha value is -3.80. The zero-order chi connectivity index (χ0) is 22.0. The van der Waals surface area contributed by atoms with Gasteiger partial charge in [0.2, 0.25) is 5.43 Å². The van der Waals surface area contributed by atoms with Crippen molar-refractivity contribution >= 4 is 16.7 Å². The molecule has 0 saturated carbocycles. The number of ketones is 1. The van der Waals surface area contributed by atoms with E-state index >= 15 is 0 Å². The van der Waals surface area contributed by atoms with Gasteiger partial charge in [-0.2, -0.15) is 0 Å². The molecule has 0 bridgehead atoms. The summed E-state index contributed by atoms with van der Waals surface area (Å²) in [5.41, 5.74) is 0.616. The number of aromatic nitrogens is 1. The lowest BCUT2D eigenvalue weighted by molar-refractivity contribution is 0.103. The molecule has 0 fully saturated rings. The van der Waals surface area contributed by atoms with Crippen molar-refractivity contribution in [2.75, 3.05) is 6.61 Å². The second kappa shape index (κ2) is 8.52. The number of hydrogen-bond acceptors (Lipinski definition) is 3. The summed E-state index contributed by atoms with van der Waals surface area (Å²) in [7, 11) is 0. The fourth-order valence-electron chi connectivity index (χ4n) is 3.49. The van der Waals surface area contributed by atoms with Gasteiger partial charge < -0.3 is 9.30 Å². The van der Waals surface area contributed by atoms with Gasteiger partial charge in [0.25, 0.3) is 0 Å². The highest BCUT2D eigenvalue weighted by molar-refractivity contribution is 6.10. The minimum atomic E-state index is -0.531. The fourth-order valence-corrected chi connectivity index (χ4v) is 3.49. The van der Waals surface area contributed by atoms with E-state index in [1.165, 1.54) is 36.5 Å². The molecule has 6 heteroatoms. The first kappa shape index (κ1) is 20.5. The minimum Gasteiger partial charge on any atom is -0.494 e. The van der Waals surface area contributed by atoms with Crippen LogP contribution >= 0.6 is 0 Å². The van der Waals surface area contributed by atoms with E-state index < -0.39 is 17.0 Å². The third-order valence-corrected chi connectivity index (χ3v) is 5.01. The molecule has 156 valence electrons. The van der Waals surface area contributed by atoms with E-state index in [0.717, 1.165) is 0 Å². The monoisotopic (exact) mass is 419 g/mol. The standard InChI is InChI=1S/C25H19F2NO3/c1-2-31-19-11-12-23-20(13-19)25(30)21(24(29)16-7-9-18(26)10-8-16)15-28(23)14-17-5-3-4-6-22(17)27/h3-13,15H,2,14H2,1H3. The summed E-state index contributed by atoms with van der Waals surface area (Å²) in [4.78, 5) is 26.3. The Morgan fingerprint density at radius 2 is 1.74 bits per heavy atom. The Kier molecular flexibility index (Phi) is 5.62. The molecule has 0 aliphatic heterocycles. The molecule has 1 heterocycles. The maximum Gasteiger partial charge on any atom is 0.200 e. The van der Waals surface area contributed by atoms with E-state index in [2.05, 4.69) is 0 Å².